The Morgan fingerprint density at radius 2 is 2.12 bits per heavy atom. The molecule has 0 aromatic carbocycles. The molecule has 17 heavy (non-hydrogen) atoms. The van der Waals surface area contributed by atoms with E-state index in [4.69, 9.17) is 5.11 Å². The van der Waals surface area contributed by atoms with Crippen LogP contribution in [-0.4, -0.2) is 52.6 Å². The Balaban J connectivity index is 2.42. The van der Waals surface area contributed by atoms with E-state index >= 15 is 0 Å². The maximum Gasteiger partial charge on any atom is 0.326 e. The lowest BCUT2D eigenvalue weighted by molar-refractivity contribution is -0.141. The summed E-state index contributed by atoms with van der Waals surface area (Å²) in [5, 5.41) is 12.3. The Kier molecular flexibility index (Phi) is 5.11. The van der Waals surface area contributed by atoms with Crippen LogP contribution in [0.4, 0.5) is 4.79 Å². The lowest BCUT2D eigenvalue weighted by atomic mass is 10.2. The van der Waals surface area contributed by atoms with Crippen molar-refractivity contribution in [3.05, 3.63) is 0 Å². The predicted molar refractivity (Wildman–Crippen MR) is 68.3 cm³/mol. The third-order valence-corrected chi connectivity index (χ3v) is 4.40. The fraction of sp³-hybridized carbons (Fsp3) is 0.818. The summed E-state index contributed by atoms with van der Waals surface area (Å²) in [5.41, 5.74) is 0. The molecule has 2 amide bonds. The molecule has 2 N–H and O–H groups in total. The highest BCUT2D eigenvalue weighted by Crippen LogP contribution is 2.28. The van der Waals surface area contributed by atoms with Crippen LogP contribution >= 0.6 is 11.8 Å². The first kappa shape index (κ1) is 14.2. The number of aliphatic carboxylic acids is 1. The number of carbonyl (C=O) groups excluding carboxylic acids is 1. The lowest BCUT2D eigenvalue weighted by Crippen LogP contribution is -2.48. The Morgan fingerprint density at radius 1 is 1.47 bits per heavy atom. The number of urea groups is 1. The van der Waals surface area contributed by atoms with Crippen LogP contribution in [0, 0.1) is 0 Å². The number of carbonyl (C=O) groups is 2. The number of amides is 2. The number of nitrogens with zero attached hydrogens (tertiary/aromatic N) is 1. The van der Waals surface area contributed by atoms with E-state index in [2.05, 4.69) is 11.6 Å². The molecule has 1 rings (SSSR count). The lowest BCUT2D eigenvalue weighted by Gasteiger charge is -2.24. The molecule has 1 fully saturated rings. The van der Waals surface area contributed by atoms with Crippen molar-refractivity contribution in [1.82, 2.24) is 10.2 Å². The SMILES string of the molecule is CSC1CCC(NC(=O)N(C)C(C)C(=O)O)C1. The minimum absolute atomic E-state index is 0.184. The molecule has 0 bridgehead atoms. The van der Waals surface area contributed by atoms with Crippen LogP contribution in [0.15, 0.2) is 0 Å². The number of rotatable bonds is 4. The van der Waals surface area contributed by atoms with Gasteiger partial charge >= 0.3 is 12.0 Å². The average Bonchev–Trinajstić information content (AvgIpc) is 2.74. The highest BCUT2D eigenvalue weighted by Gasteiger charge is 2.28. The number of carboxylic acid groups (broad SMARTS) is 1. The van der Waals surface area contributed by atoms with Crippen LogP contribution in [0.3, 0.4) is 0 Å². The standard InChI is InChI=1S/C11H20N2O3S/c1-7(10(14)15)13(2)11(16)12-8-4-5-9(6-8)17-3/h7-9H,4-6H2,1-3H3,(H,12,16)(H,14,15). The Morgan fingerprint density at radius 3 is 2.59 bits per heavy atom. The van der Waals surface area contributed by atoms with Gasteiger partial charge in [-0.15, -0.1) is 0 Å². The number of hydrogen-bond acceptors (Lipinski definition) is 3. The molecule has 0 aliphatic heterocycles. The molecular formula is C11H20N2O3S. The summed E-state index contributed by atoms with van der Waals surface area (Å²) in [4.78, 5) is 23.8. The molecule has 0 aromatic heterocycles. The van der Waals surface area contributed by atoms with Crippen molar-refractivity contribution in [2.45, 2.75) is 43.5 Å². The highest BCUT2D eigenvalue weighted by molar-refractivity contribution is 7.99. The maximum atomic E-state index is 11.8. The Bertz CT molecular complexity index is 298. The number of nitrogens with one attached hydrogen (secondary N) is 1. The second-order valence-electron chi connectivity index (χ2n) is 4.44. The number of likely N-dealkylation sites (N-methyl/N-ethyl adjacent to an activating group) is 1. The van der Waals surface area contributed by atoms with Gasteiger partial charge in [-0.2, -0.15) is 11.8 Å². The van der Waals surface area contributed by atoms with Crippen LogP contribution in [0.1, 0.15) is 26.2 Å². The van der Waals surface area contributed by atoms with Gasteiger partial charge in [0.2, 0.25) is 0 Å². The molecule has 98 valence electrons. The zero-order valence-corrected chi connectivity index (χ0v) is 11.3. The van der Waals surface area contributed by atoms with E-state index in [9.17, 15) is 9.59 Å². The third kappa shape index (κ3) is 3.80. The van der Waals surface area contributed by atoms with Gasteiger partial charge in [0.25, 0.3) is 0 Å². The van der Waals surface area contributed by atoms with E-state index in [1.807, 2.05) is 11.8 Å². The summed E-state index contributed by atoms with van der Waals surface area (Å²) in [6.07, 6.45) is 5.15. The first-order chi connectivity index (χ1) is 7.95. The minimum Gasteiger partial charge on any atom is -0.480 e. The van der Waals surface area contributed by atoms with Crippen molar-refractivity contribution in [3.8, 4) is 0 Å². The quantitative estimate of drug-likeness (QED) is 0.801. The van der Waals surface area contributed by atoms with Crippen molar-refractivity contribution >= 4 is 23.8 Å². The van der Waals surface area contributed by atoms with Crippen LogP contribution in [0.2, 0.25) is 0 Å². The van der Waals surface area contributed by atoms with E-state index < -0.39 is 12.0 Å². The topological polar surface area (TPSA) is 69.6 Å². The van der Waals surface area contributed by atoms with Crippen LogP contribution < -0.4 is 5.32 Å². The fourth-order valence-corrected chi connectivity index (χ4v) is 2.70. The first-order valence-corrected chi connectivity index (χ1v) is 7.03. The molecule has 0 spiro atoms. The molecule has 6 heteroatoms. The summed E-state index contributed by atoms with van der Waals surface area (Å²) in [7, 11) is 1.51. The van der Waals surface area contributed by atoms with E-state index in [1.165, 1.54) is 18.9 Å². The van der Waals surface area contributed by atoms with E-state index in [0.717, 1.165) is 19.3 Å². The van der Waals surface area contributed by atoms with Gasteiger partial charge in [0.15, 0.2) is 0 Å². The zero-order valence-electron chi connectivity index (χ0n) is 10.5. The highest BCUT2D eigenvalue weighted by atomic mass is 32.2. The summed E-state index contributed by atoms with van der Waals surface area (Å²) in [6.45, 7) is 1.50. The molecule has 3 atom stereocenters. The number of carboxylic acids is 1. The fourth-order valence-electron chi connectivity index (χ4n) is 1.90. The van der Waals surface area contributed by atoms with Crippen molar-refractivity contribution in [3.63, 3.8) is 0 Å². The molecule has 0 radical (unpaired) electrons. The summed E-state index contributed by atoms with van der Waals surface area (Å²) < 4.78 is 0. The number of hydrogen-bond donors (Lipinski definition) is 2. The van der Waals surface area contributed by atoms with Crippen molar-refractivity contribution in [2.24, 2.45) is 0 Å². The maximum absolute atomic E-state index is 11.8. The summed E-state index contributed by atoms with van der Waals surface area (Å²) >= 11 is 1.82. The smallest absolute Gasteiger partial charge is 0.326 e. The predicted octanol–water partition coefficient (Wildman–Crippen LogP) is 1.38. The molecular weight excluding hydrogens is 240 g/mol. The molecule has 1 aliphatic rings. The largest absolute Gasteiger partial charge is 0.480 e. The average molecular weight is 260 g/mol. The monoisotopic (exact) mass is 260 g/mol. The normalized spacial score (nSPS) is 25.4. The molecule has 1 aliphatic carbocycles. The van der Waals surface area contributed by atoms with Gasteiger partial charge in [-0.05, 0) is 32.4 Å². The second-order valence-corrected chi connectivity index (χ2v) is 5.58. The van der Waals surface area contributed by atoms with E-state index in [1.54, 1.807) is 0 Å². The van der Waals surface area contributed by atoms with Gasteiger partial charge in [-0.3, -0.25) is 0 Å². The Hall–Kier alpha value is -0.910. The molecule has 1 saturated carbocycles. The molecule has 0 aromatic rings. The van der Waals surface area contributed by atoms with Crippen LogP contribution in [0.25, 0.3) is 0 Å². The molecule has 3 unspecified atom stereocenters. The van der Waals surface area contributed by atoms with Gasteiger partial charge in [0, 0.05) is 18.3 Å². The zero-order chi connectivity index (χ0) is 13.0. The van der Waals surface area contributed by atoms with Gasteiger partial charge in [-0.1, -0.05) is 0 Å². The molecule has 0 saturated heterocycles. The third-order valence-electron chi connectivity index (χ3n) is 3.30. The van der Waals surface area contributed by atoms with Gasteiger partial charge in [0.05, 0.1) is 0 Å². The first-order valence-electron chi connectivity index (χ1n) is 5.74. The van der Waals surface area contributed by atoms with Gasteiger partial charge < -0.3 is 15.3 Å². The summed E-state index contributed by atoms with van der Waals surface area (Å²) in [6, 6.07) is -0.914. The molecule has 5 nitrogen and oxygen atoms in total. The van der Waals surface area contributed by atoms with Crippen molar-refractivity contribution in [1.29, 1.82) is 0 Å². The van der Waals surface area contributed by atoms with E-state index in [-0.39, 0.29) is 12.1 Å². The van der Waals surface area contributed by atoms with E-state index in [0.29, 0.717) is 5.25 Å². The van der Waals surface area contributed by atoms with Crippen molar-refractivity contribution < 1.29 is 14.7 Å². The van der Waals surface area contributed by atoms with Crippen LogP contribution in [0.5, 0.6) is 0 Å². The van der Waals surface area contributed by atoms with Gasteiger partial charge in [0.1, 0.15) is 6.04 Å². The second kappa shape index (κ2) is 6.14. The number of thioether (sulfide) groups is 1. The Labute approximate surface area is 106 Å². The van der Waals surface area contributed by atoms with Crippen molar-refractivity contribution in [2.75, 3.05) is 13.3 Å². The van der Waals surface area contributed by atoms with Gasteiger partial charge in [-0.25, -0.2) is 9.59 Å². The molecule has 0 heterocycles. The van der Waals surface area contributed by atoms with Crippen LogP contribution in [-0.2, 0) is 4.79 Å². The summed E-state index contributed by atoms with van der Waals surface area (Å²) in [5.74, 6) is -0.990. The minimum atomic E-state index is -0.990.